The van der Waals surface area contributed by atoms with Gasteiger partial charge in [0.05, 0.1) is 40.2 Å². The number of nitrogens with zero attached hydrogens (tertiary/aromatic N) is 1. The second-order valence-electron chi connectivity index (χ2n) is 12.8. The maximum Gasteiger partial charge on any atom is 0.336 e. The standard InChI is InChI=1S/C33H38N2O17S4/c36-32(37)22-5-7-24(27(18-22)33(38)39)31-25-8-4-21(28(10-17-56(49,50)51)34-11-1-14-53(40,41)42)19-29(25)52-30-20-23(6-9-26(30)31)35(12-2-15-54(43,44)45)13-3-16-55(46,47)48/h4-9,18-20,28,34H,1-3,10-17H2,(H5-,36,37,38,39,40,41,42,43,44,45,46,47,48,49,50,51)/p+1. The van der Waals surface area contributed by atoms with Crippen LogP contribution in [0.3, 0.4) is 0 Å². The number of carbonyl (C=O) groups is 2. The Bertz CT molecular complexity index is 2580. The molecule has 0 bridgehead atoms. The van der Waals surface area contributed by atoms with Gasteiger partial charge in [-0.2, -0.15) is 33.7 Å². The zero-order valence-corrected chi connectivity index (χ0v) is 32.6. The van der Waals surface area contributed by atoms with Gasteiger partial charge in [0.25, 0.3) is 40.5 Å². The second-order valence-corrected chi connectivity index (χ2v) is 19.1. The molecule has 0 aromatic heterocycles. The first-order valence-corrected chi connectivity index (χ1v) is 23.1. The number of hydrogen-bond donors (Lipinski definition) is 7. The Morgan fingerprint density at radius 3 is 1.79 bits per heavy atom. The van der Waals surface area contributed by atoms with Crippen LogP contribution in [-0.2, 0) is 40.5 Å². The van der Waals surface area contributed by atoms with E-state index in [4.69, 9.17) is 8.97 Å². The van der Waals surface area contributed by atoms with Crippen LogP contribution >= 0.6 is 0 Å². The molecule has 0 saturated carbocycles. The van der Waals surface area contributed by atoms with Crippen LogP contribution in [0.5, 0.6) is 0 Å². The van der Waals surface area contributed by atoms with Gasteiger partial charge in [-0.05, 0) is 54.8 Å². The van der Waals surface area contributed by atoms with Gasteiger partial charge >= 0.3 is 11.9 Å². The topological polar surface area (TPSA) is 320 Å². The van der Waals surface area contributed by atoms with E-state index >= 15 is 0 Å². The molecule has 2 aromatic rings. The van der Waals surface area contributed by atoms with E-state index in [1.165, 1.54) is 24.3 Å². The van der Waals surface area contributed by atoms with Crippen molar-refractivity contribution in [3.05, 3.63) is 76.6 Å². The van der Waals surface area contributed by atoms with Crippen LogP contribution in [0.15, 0.2) is 59.0 Å². The summed E-state index contributed by atoms with van der Waals surface area (Å²) in [4.78, 5) is 24.3. The normalized spacial score (nSPS) is 13.2. The molecule has 23 heteroatoms. The molecule has 1 unspecified atom stereocenters. The molecule has 1 heterocycles. The summed E-state index contributed by atoms with van der Waals surface area (Å²) in [7, 11) is -17.5. The minimum absolute atomic E-state index is 0.0136. The molecule has 0 fully saturated rings. The summed E-state index contributed by atoms with van der Waals surface area (Å²) in [5, 5.41) is 23.4. The molecule has 306 valence electrons. The number of carboxylic acid groups (broad SMARTS) is 2. The predicted molar refractivity (Wildman–Crippen MR) is 202 cm³/mol. The van der Waals surface area contributed by atoms with E-state index in [0.717, 1.165) is 6.07 Å². The molecule has 0 radical (unpaired) electrons. The SMILES string of the molecule is O=C(O)c1ccc(-c2c3ccc(=[N+](CCCS(=O)(=O)O)CCCS(=O)(=O)O)cc-3oc3cc(C(CCS(=O)(=O)O)NCCCS(=O)(=O)O)ccc23)c(C(=O)O)c1. The van der Waals surface area contributed by atoms with Crippen LogP contribution in [0.25, 0.3) is 33.4 Å². The van der Waals surface area contributed by atoms with Gasteiger partial charge in [0, 0.05) is 41.5 Å². The minimum atomic E-state index is -4.46. The molecule has 0 saturated heterocycles. The lowest BCUT2D eigenvalue weighted by atomic mass is 9.89. The third-order valence-electron chi connectivity index (χ3n) is 8.56. The fourth-order valence-electron chi connectivity index (χ4n) is 6.10. The van der Waals surface area contributed by atoms with Crippen molar-refractivity contribution in [2.24, 2.45) is 0 Å². The number of aromatic carboxylic acids is 2. The lowest BCUT2D eigenvalue weighted by Crippen LogP contribution is -2.33. The van der Waals surface area contributed by atoms with E-state index in [0.29, 0.717) is 21.9 Å². The van der Waals surface area contributed by atoms with Crippen molar-refractivity contribution in [3.63, 3.8) is 0 Å². The first-order chi connectivity index (χ1) is 25.9. The molecule has 7 N–H and O–H groups in total. The van der Waals surface area contributed by atoms with Crippen molar-refractivity contribution in [1.82, 2.24) is 9.89 Å². The molecule has 1 aliphatic carbocycles. The van der Waals surface area contributed by atoms with Gasteiger partial charge in [-0.1, -0.05) is 18.2 Å². The van der Waals surface area contributed by atoms with Crippen molar-refractivity contribution in [1.29, 1.82) is 0 Å². The van der Waals surface area contributed by atoms with Crippen LogP contribution in [0.2, 0.25) is 0 Å². The molecule has 1 aliphatic heterocycles. The molecule has 2 aliphatic rings. The molecule has 1 atom stereocenters. The smallest absolute Gasteiger partial charge is 0.336 e. The quantitative estimate of drug-likeness (QED) is 0.0289. The van der Waals surface area contributed by atoms with Crippen molar-refractivity contribution in [3.8, 4) is 22.5 Å². The molecule has 4 rings (SSSR count). The molecule has 0 amide bonds. The Kier molecular flexibility index (Phi) is 14.2. The molecule has 19 nitrogen and oxygen atoms in total. The summed E-state index contributed by atoms with van der Waals surface area (Å²) in [6.45, 7) is -0.0416. The highest BCUT2D eigenvalue weighted by Crippen LogP contribution is 2.42. The summed E-state index contributed by atoms with van der Waals surface area (Å²) in [6, 6.07) is 11.9. The summed E-state index contributed by atoms with van der Waals surface area (Å²) in [5.41, 5.74) is 0.470. The van der Waals surface area contributed by atoms with Crippen LogP contribution in [0.1, 0.15) is 58.0 Å². The highest BCUT2D eigenvalue weighted by Gasteiger charge is 2.25. The first kappa shape index (κ1) is 44.4. The molecule has 0 spiro atoms. The third kappa shape index (κ3) is 13.1. The Labute approximate surface area is 321 Å². The zero-order valence-electron chi connectivity index (χ0n) is 29.3. The Balaban J connectivity index is 2.00. The van der Waals surface area contributed by atoms with Gasteiger partial charge in [0.2, 0.25) is 5.36 Å². The fraction of sp³-hybridized carbons (Fsp3) is 0.364. The minimum Gasteiger partial charge on any atom is -0.478 e. The van der Waals surface area contributed by atoms with E-state index in [1.807, 2.05) is 0 Å². The lowest BCUT2D eigenvalue weighted by molar-refractivity contribution is 0.0696. The number of hydrogen-bond acceptors (Lipinski definition) is 12. The number of rotatable bonds is 20. The number of fused-ring (bicyclic) bond motifs is 2. The van der Waals surface area contributed by atoms with Gasteiger partial charge in [-0.3, -0.25) is 18.2 Å². The van der Waals surface area contributed by atoms with Gasteiger partial charge in [0.15, 0.2) is 0 Å². The van der Waals surface area contributed by atoms with Crippen molar-refractivity contribution >= 4 is 63.4 Å². The van der Waals surface area contributed by atoms with Gasteiger partial charge in [-0.25, -0.2) is 14.2 Å². The predicted octanol–water partition coefficient (Wildman–Crippen LogP) is 2.12. The summed E-state index contributed by atoms with van der Waals surface area (Å²) in [5.74, 6) is -5.27. The summed E-state index contributed by atoms with van der Waals surface area (Å²) < 4.78 is 137. The fourth-order valence-corrected chi connectivity index (χ4v) is 8.13. The van der Waals surface area contributed by atoms with Crippen LogP contribution in [-0.4, -0.2) is 117 Å². The van der Waals surface area contributed by atoms with E-state index in [2.05, 4.69) is 5.32 Å². The van der Waals surface area contributed by atoms with Gasteiger partial charge in [-0.15, -0.1) is 0 Å². The van der Waals surface area contributed by atoms with E-state index < -0.39 is 81.5 Å². The number of nitrogens with one attached hydrogen (secondary N) is 1. The largest absolute Gasteiger partial charge is 0.478 e. The average Bonchev–Trinajstić information content (AvgIpc) is 3.07. The van der Waals surface area contributed by atoms with Crippen LogP contribution < -0.4 is 15.2 Å². The van der Waals surface area contributed by atoms with Gasteiger partial charge < -0.3 is 19.9 Å². The average molecular weight is 864 g/mol. The summed E-state index contributed by atoms with van der Waals surface area (Å²) >= 11 is 0. The van der Waals surface area contributed by atoms with E-state index in [9.17, 15) is 67.1 Å². The molecular weight excluding hydrogens is 825 g/mol. The maximum atomic E-state index is 12.5. The highest BCUT2D eigenvalue weighted by molar-refractivity contribution is 7.86. The van der Waals surface area contributed by atoms with E-state index in [-0.39, 0.29) is 78.9 Å². The third-order valence-corrected chi connectivity index (χ3v) is 11.7. The number of carboxylic acids is 2. The molecule has 2 aromatic carbocycles. The van der Waals surface area contributed by atoms with Crippen LogP contribution in [0, 0.1) is 0 Å². The van der Waals surface area contributed by atoms with Gasteiger partial charge in [0.1, 0.15) is 24.4 Å². The number of benzene rings is 3. The molecule has 56 heavy (non-hydrogen) atoms. The summed E-state index contributed by atoms with van der Waals surface area (Å²) in [6.07, 6.45) is -0.451. The zero-order chi connectivity index (χ0) is 41.6. The Morgan fingerprint density at radius 1 is 0.661 bits per heavy atom. The second kappa shape index (κ2) is 17.9. The maximum absolute atomic E-state index is 12.5. The van der Waals surface area contributed by atoms with Crippen LogP contribution in [0.4, 0.5) is 0 Å². The first-order valence-electron chi connectivity index (χ1n) is 16.6. The highest BCUT2D eigenvalue weighted by atomic mass is 32.2. The van der Waals surface area contributed by atoms with E-state index in [1.54, 1.807) is 28.8 Å². The monoisotopic (exact) mass is 863 g/mol. The van der Waals surface area contributed by atoms with Crippen molar-refractivity contribution in [2.45, 2.75) is 31.7 Å². The van der Waals surface area contributed by atoms with Crippen molar-refractivity contribution < 1.29 is 76.1 Å². The Hall–Kier alpha value is -4.33. The van der Waals surface area contributed by atoms with Crippen molar-refractivity contribution in [2.75, 3.05) is 42.6 Å². The Morgan fingerprint density at radius 2 is 1.23 bits per heavy atom. The molecular formula is C33H39N2O17S4+. The lowest BCUT2D eigenvalue weighted by Gasteiger charge is -2.21.